The quantitative estimate of drug-likeness (QED) is 0.311. The van der Waals surface area contributed by atoms with Gasteiger partial charge in [-0.2, -0.15) is 15.2 Å². The fourth-order valence-electron chi connectivity index (χ4n) is 7.63. The SMILES string of the molecule is C=CC(=O)N1CCN(c2nc(OCC3(N4CCN(C)CC4)CC3)nc3c2CCN(c2cccc4cccc(C(F)F)c24)C3)C[C@@H]1CC#N. The van der Waals surface area contributed by atoms with Gasteiger partial charge in [0, 0.05) is 74.6 Å². The van der Waals surface area contributed by atoms with Crippen LogP contribution in [0.3, 0.4) is 0 Å². The van der Waals surface area contributed by atoms with Crippen LogP contribution in [-0.4, -0.2) is 108 Å². The van der Waals surface area contributed by atoms with Gasteiger partial charge < -0.3 is 24.3 Å². The molecule has 0 N–H and O–H groups in total. The molecule has 7 rings (SSSR count). The Morgan fingerprint density at radius 1 is 1.08 bits per heavy atom. The normalized spacial score (nSPS) is 21.2. The largest absolute Gasteiger partial charge is 0.461 e. The van der Waals surface area contributed by atoms with Crippen LogP contribution in [0, 0.1) is 11.3 Å². The standard InChI is InChI=1S/C36H42F2N8O2/c1-3-31(47)46-21-18-44(22-26(46)10-14-39)34-27-11-15-43(30-9-5-7-25-6-4-8-28(32(25)30)33(37)38)23-29(27)40-35(41-34)48-24-36(12-13-36)45-19-16-42(2)17-20-45/h3-9,26,33H,1,10-13,15-24H2,2H3/t26-/m0/s1. The van der Waals surface area contributed by atoms with E-state index in [-0.39, 0.29) is 29.5 Å². The molecule has 0 bridgehead atoms. The van der Waals surface area contributed by atoms with E-state index in [0.29, 0.717) is 57.1 Å². The van der Waals surface area contributed by atoms with Crippen molar-refractivity contribution in [2.24, 2.45) is 0 Å². The molecule has 0 unspecified atom stereocenters. The van der Waals surface area contributed by atoms with Gasteiger partial charge in [-0.25, -0.2) is 8.78 Å². The van der Waals surface area contributed by atoms with Gasteiger partial charge in [-0.3, -0.25) is 9.69 Å². The van der Waals surface area contributed by atoms with Crippen LogP contribution in [0.2, 0.25) is 0 Å². The topological polar surface area (TPSA) is 92.1 Å². The van der Waals surface area contributed by atoms with Crippen molar-refractivity contribution in [3.8, 4) is 12.1 Å². The van der Waals surface area contributed by atoms with Crippen LogP contribution in [0.25, 0.3) is 10.8 Å². The average molecular weight is 657 g/mol. The average Bonchev–Trinajstić information content (AvgIpc) is 3.90. The van der Waals surface area contributed by atoms with E-state index in [1.54, 1.807) is 11.0 Å². The molecule has 1 atom stereocenters. The molecule has 3 aromatic rings. The maximum atomic E-state index is 14.2. The van der Waals surface area contributed by atoms with Gasteiger partial charge in [0.15, 0.2) is 0 Å². The molecule has 4 heterocycles. The van der Waals surface area contributed by atoms with Crippen LogP contribution < -0.4 is 14.5 Å². The van der Waals surface area contributed by atoms with Crippen molar-refractivity contribution < 1.29 is 18.3 Å². The van der Waals surface area contributed by atoms with E-state index in [4.69, 9.17) is 14.7 Å². The van der Waals surface area contributed by atoms with Gasteiger partial charge in [0.05, 0.1) is 36.3 Å². The molecule has 12 heteroatoms. The summed E-state index contributed by atoms with van der Waals surface area (Å²) in [6, 6.07) is 13.0. The number of hydrogen-bond donors (Lipinski definition) is 0. The molecule has 2 aromatic carbocycles. The number of anilines is 2. The van der Waals surface area contributed by atoms with Crippen molar-refractivity contribution in [1.29, 1.82) is 5.26 Å². The molecule has 10 nitrogen and oxygen atoms in total. The second-order valence-electron chi connectivity index (χ2n) is 13.5. The van der Waals surface area contributed by atoms with Crippen LogP contribution in [-0.2, 0) is 17.8 Å². The minimum absolute atomic E-state index is 0.00405. The number of alkyl halides is 2. The third kappa shape index (κ3) is 6.17. The number of nitriles is 1. The number of carbonyl (C=O) groups is 1. The monoisotopic (exact) mass is 656 g/mol. The summed E-state index contributed by atoms with van der Waals surface area (Å²) >= 11 is 0. The first-order chi connectivity index (χ1) is 23.3. The summed E-state index contributed by atoms with van der Waals surface area (Å²) in [7, 11) is 2.15. The molecule has 252 valence electrons. The second-order valence-corrected chi connectivity index (χ2v) is 13.5. The molecule has 1 amide bonds. The summed E-state index contributed by atoms with van der Waals surface area (Å²) in [6.07, 6.45) is 1.66. The minimum Gasteiger partial charge on any atom is -0.461 e. The minimum atomic E-state index is -2.59. The molecule has 3 fully saturated rings. The fraction of sp³-hybridized carbons (Fsp3) is 0.500. The molecule has 2 saturated heterocycles. The van der Waals surface area contributed by atoms with Crippen molar-refractivity contribution in [1.82, 2.24) is 24.7 Å². The smallest absolute Gasteiger partial charge is 0.318 e. The van der Waals surface area contributed by atoms with E-state index < -0.39 is 6.43 Å². The fourth-order valence-corrected chi connectivity index (χ4v) is 7.63. The van der Waals surface area contributed by atoms with E-state index in [2.05, 4.69) is 39.3 Å². The molecular weight excluding hydrogens is 614 g/mol. The van der Waals surface area contributed by atoms with Gasteiger partial charge in [-0.15, -0.1) is 0 Å². The van der Waals surface area contributed by atoms with Crippen molar-refractivity contribution in [3.05, 3.63) is 65.9 Å². The maximum absolute atomic E-state index is 14.2. The summed E-state index contributed by atoms with van der Waals surface area (Å²) in [5.41, 5.74) is 2.58. The molecule has 1 aromatic heterocycles. The Kier molecular flexibility index (Phi) is 8.92. The Bertz CT molecular complexity index is 1730. The summed E-state index contributed by atoms with van der Waals surface area (Å²) in [4.78, 5) is 33.5. The number of fused-ring (bicyclic) bond motifs is 2. The molecule has 4 aliphatic rings. The number of rotatable bonds is 9. The third-order valence-corrected chi connectivity index (χ3v) is 10.6. The molecule has 48 heavy (non-hydrogen) atoms. The Balaban J connectivity index is 1.22. The van der Waals surface area contributed by atoms with Crippen molar-refractivity contribution >= 4 is 28.2 Å². The Morgan fingerprint density at radius 3 is 2.56 bits per heavy atom. The van der Waals surface area contributed by atoms with E-state index in [1.807, 2.05) is 24.3 Å². The number of ether oxygens (including phenoxy) is 1. The van der Waals surface area contributed by atoms with Gasteiger partial charge in [-0.1, -0.05) is 36.9 Å². The highest BCUT2D eigenvalue weighted by Crippen LogP contribution is 2.43. The zero-order chi connectivity index (χ0) is 33.4. The van der Waals surface area contributed by atoms with Crippen LogP contribution in [0.15, 0.2) is 49.1 Å². The number of carbonyl (C=O) groups excluding carboxylic acids is 1. The number of halogens is 2. The van der Waals surface area contributed by atoms with Gasteiger partial charge in [0.1, 0.15) is 12.4 Å². The lowest BCUT2D eigenvalue weighted by atomic mass is 9.99. The Labute approximate surface area is 280 Å². The first-order valence-electron chi connectivity index (χ1n) is 16.9. The molecule has 0 spiro atoms. The lowest BCUT2D eigenvalue weighted by Crippen LogP contribution is -2.55. The van der Waals surface area contributed by atoms with Crippen LogP contribution >= 0.6 is 0 Å². The number of nitrogens with zero attached hydrogens (tertiary/aromatic N) is 8. The molecule has 0 radical (unpaired) electrons. The van der Waals surface area contributed by atoms with E-state index in [0.717, 1.165) is 67.2 Å². The summed E-state index contributed by atoms with van der Waals surface area (Å²) in [5.74, 6) is 0.579. The lowest BCUT2D eigenvalue weighted by molar-refractivity contribution is -0.128. The first kappa shape index (κ1) is 32.2. The zero-order valence-electron chi connectivity index (χ0n) is 27.5. The lowest BCUT2D eigenvalue weighted by Gasteiger charge is -2.42. The third-order valence-electron chi connectivity index (χ3n) is 10.6. The molecule has 3 aliphatic heterocycles. The molecule has 1 saturated carbocycles. The molecular formula is C36H42F2N8O2. The predicted octanol–water partition coefficient (Wildman–Crippen LogP) is 4.41. The van der Waals surface area contributed by atoms with E-state index in [1.165, 1.54) is 12.1 Å². The first-order valence-corrected chi connectivity index (χ1v) is 16.9. The van der Waals surface area contributed by atoms with Crippen LogP contribution in [0.5, 0.6) is 6.01 Å². The van der Waals surface area contributed by atoms with E-state index >= 15 is 0 Å². The van der Waals surface area contributed by atoms with Crippen LogP contribution in [0.4, 0.5) is 20.3 Å². The maximum Gasteiger partial charge on any atom is 0.318 e. The van der Waals surface area contributed by atoms with E-state index in [9.17, 15) is 18.8 Å². The zero-order valence-corrected chi connectivity index (χ0v) is 27.5. The summed E-state index contributed by atoms with van der Waals surface area (Å²) < 4.78 is 34.9. The number of hydrogen-bond acceptors (Lipinski definition) is 9. The number of piperazine rings is 2. The predicted molar refractivity (Wildman–Crippen MR) is 180 cm³/mol. The highest BCUT2D eigenvalue weighted by atomic mass is 19.3. The molecule has 1 aliphatic carbocycles. The number of aromatic nitrogens is 2. The van der Waals surface area contributed by atoms with Crippen LogP contribution in [0.1, 0.15) is 42.5 Å². The van der Waals surface area contributed by atoms with Gasteiger partial charge in [0.2, 0.25) is 5.91 Å². The van der Waals surface area contributed by atoms with Gasteiger partial charge in [0.25, 0.3) is 6.43 Å². The van der Waals surface area contributed by atoms with Crippen molar-refractivity contribution in [2.45, 2.75) is 50.2 Å². The number of benzene rings is 2. The second kappa shape index (κ2) is 13.3. The Hall–Kier alpha value is -4.34. The highest BCUT2D eigenvalue weighted by Gasteiger charge is 2.49. The highest BCUT2D eigenvalue weighted by molar-refractivity contribution is 5.97. The van der Waals surface area contributed by atoms with Gasteiger partial charge in [-0.05, 0) is 43.8 Å². The summed E-state index contributed by atoms with van der Waals surface area (Å²) in [5, 5.41) is 10.9. The summed E-state index contributed by atoms with van der Waals surface area (Å²) in [6.45, 7) is 10.7. The van der Waals surface area contributed by atoms with Gasteiger partial charge >= 0.3 is 6.01 Å². The van der Waals surface area contributed by atoms with Crippen molar-refractivity contribution in [3.63, 3.8) is 0 Å². The number of likely N-dealkylation sites (N-methyl/N-ethyl adjacent to an activating group) is 1. The Morgan fingerprint density at radius 2 is 1.85 bits per heavy atom. The number of amides is 1. The van der Waals surface area contributed by atoms with Crippen molar-refractivity contribution in [2.75, 3.05) is 75.8 Å².